The van der Waals surface area contributed by atoms with E-state index < -0.39 is 0 Å². The zero-order chi connectivity index (χ0) is 24.8. The van der Waals surface area contributed by atoms with Gasteiger partial charge in [0.2, 0.25) is 0 Å². The average Bonchev–Trinajstić information content (AvgIpc) is 3.17. The van der Waals surface area contributed by atoms with Gasteiger partial charge in [-0.2, -0.15) is 0 Å². The van der Waals surface area contributed by atoms with Crippen LogP contribution in [0.15, 0.2) is 84.9 Å². The first-order valence-corrected chi connectivity index (χ1v) is 12.2. The Kier molecular flexibility index (Phi) is 7.97. The number of ether oxygens (including phenoxy) is 3. The molecule has 6 nitrogen and oxygen atoms in total. The van der Waals surface area contributed by atoms with Crippen molar-refractivity contribution in [1.29, 1.82) is 0 Å². The quantitative estimate of drug-likeness (QED) is 0.229. The van der Waals surface area contributed by atoms with Crippen molar-refractivity contribution in [3.05, 3.63) is 105 Å². The van der Waals surface area contributed by atoms with Gasteiger partial charge in [0.25, 0.3) is 5.91 Å². The number of carbonyl (C=O) groups excluding carboxylic acids is 1. The SMILES string of the molecule is COc1ccc(-n2c(I)c(OCc3ccccc3)c(OCc3ccccc3)c2C(=O)N(C)C)cc1. The average molecular weight is 582 g/mol. The molecule has 0 aliphatic carbocycles. The van der Waals surface area contributed by atoms with Gasteiger partial charge in [0.1, 0.15) is 22.7 Å². The van der Waals surface area contributed by atoms with Crippen molar-refractivity contribution in [2.45, 2.75) is 13.2 Å². The van der Waals surface area contributed by atoms with Crippen molar-refractivity contribution in [3.8, 4) is 22.9 Å². The van der Waals surface area contributed by atoms with E-state index in [0.29, 0.717) is 30.4 Å². The number of amides is 1. The Morgan fingerprint density at radius 3 is 1.80 bits per heavy atom. The Labute approximate surface area is 219 Å². The second kappa shape index (κ2) is 11.3. The first-order chi connectivity index (χ1) is 17.0. The molecule has 0 spiro atoms. The maximum Gasteiger partial charge on any atom is 0.274 e. The van der Waals surface area contributed by atoms with E-state index >= 15 is 0 Å². The van der Waals surface area contributed by atoms with E-state index in [1.807, 2.05) is 89.5 Å². The van der Waals surface area contributed by atoms with Gasteiger partial charge in [-0.05, 0) is 58.0 Å². The molecule has 0 N–H and O–H groups in total. The molecule has 35 heavy (non-hydrogen) atoms. The Balaban J connectivity index is 1.83. The summed E-state index contributed by atoms with van der Waals surface area (Å²) in [7, 11) is 5.08. The van der Waals surface area contributed by atoms with Gasteiger partial charge < -0.3 is 19.1 Å². The molecule has 0 unspecified atom stereocenters. The van der Waals surface area contributed by atoms with E-state index in [0.717, 1.165) is 26.3 Å². The van der Waals surface area contributed by atoms with Gasteiger partial charge in [0.05, 0.1) is 7.11 Å². The number of aromatic nitrogens is 1. The second-order valence-electron chi connectivity index (χ2n) is 8.08. The van der Waals surface area contributed by atoms with E-state index in [2.05, 4.69) is 22.6 Å². The number of carbonyl (C=O) groups is 1. The first kappa shape index (κ1) is 24.7. The summed E-state index contributed by atoms with van der Waals surface area (Å²) >= 11 is 2.22. The molecule has 0 saturated heterocycles. The van der Waals surface area contributed by atoms with Gasteiger partial charge >= 0.3 is 0 Å². The highest BCUT2D eigenvalue weighted by atomic mass is 127. The molecule has 4 aromatic rings. The lowest BCUT2D eigenvalue weighted by molar-refractivity contribution is 0.0814. The van der Waals surface area contributed by atoms with Crippen LogP contribution < -0.4 is 14.2 Å². The molecule has 0 atom stereocenters. The number of benzene rings is 3. The summed E-state index contributed by atoms with van der Waals surface area (Å²) < 4.78 is 20.6. The number of hydrogen-bond acceptors (Lipinski definition) is 4. The van der Waals surface area contributed by atoms with Crippen LogP contribution in [-0.2, 0) is 13.2 Å². The van der Waals surface area contributed by atoms with Gasteiger partial charge in [0.15, 0.2) is 17.2 Å². The predicted octanol–water partition coefficient (Wildman–Crippen LogP) is 5.95. The smallest absolute Gasteiger partial charge is 0.274 e. The molecule has 180 valence electrons. The van der Waals surface area contributed by atoms with Crippen molar-refractivity contribution < 1.29 is 19.0 Å². The van der Waals surface area contributed by atoms with Crippen LogP contribution in [0.5, 0.6) is 17.2 Å². The van der Waals surface area contributed by atoms with E-state index in [-0.39, 0.29) is 5.91 Å². The summed E-state index contributed by atoms with van der Waals surface area (Å²) in [6, 6.07) is 27.3. The minimum absolute atomic E-state index is 0.184. The largest absolute Gasteiger partial charge is 0.497 e. The minimum Gasteiger partial charge on any atom is -0.497 e. The van der Waals surface area contributed by atoms with Crippen molar-refractivity contribution in [2.24, 2.45) is 0 Å². The van der Waals surface area contributed by atoms with Gasteiger partial charge in [0, 0.05) is 19.8 Å². The molecule has 0 bridgehead atoms. The Hall–Kier alpha value is -3.46. The molecule has 0 aliphatic heterocycles. The number of rotatable bonds is 9. The molecular weight excluding hydrogens is 555 g/mol. The zero-order valence-electron chi connectivity index (χ0n) is 19.9. The molecule has 1 amide bonds. The van der Waals surface area contributed by atoms with Crippen LogP contribution in [0, 0.1) is 3.70 Å². The zero-order valence-corrected chi connectivity index (χ0v) is 22.1. The van der Waals surface area contributed by atoms with Gasteiger partial charge in [-0.1, -0.05) is 60.7 Å². The summed E-state index contributed by atoms with van der Waals surface area (Å²) in [6.07, 6.45) is 0. The number of halogens is 1. The van der Waals surface area contributed by atoms with Crippen molar-refractivity contribution in [2.75, 3.05) is 21.2 Å². The molecule has 1 aromatic heterocycles. The van der Waals surface area contributed by atoms with E-state index in [9.17, 15) is 4.79 Å². The van der Waals surface area contributed by atoms with Crippen LogP contribution in [0.2, 0.25) is 0 Å². The molecule has 7 heteroatoms. The third kappa shape index (κ3) is 5.62. The third-order valence-electron chi connectivity index (χ3n) is 5.42. The summed E-state index contributed by atoms with van der Waals surface area (Å²) in [5.74, 6) is 1.50. The number of methoxy groups -OCH3 is 1. The molecule has 0 aliphatic rings. The van der Waals surface area contributed by atoms with Crippen molar-refractivity contribution in [3.63, 3.8) is 0 Å². The summed E-state index contributed by atoms with van der Waals surface area (Å²) in [4.78, 5) is 15.0. The fourth-order valence-corrected chi connectivity index (χ4v) is 4.52. The Morgan fingerprint density at radius 2 is 1.31 bits per heavy atom. The standard InChI is InChI=1S/C28H27IN2O4/c1-30(2)28(32)24-25(34-18-20-10-6-4-7-11-20)26(35-19-21-12-8-5-9-13-21)27(29)31(24)22-14-16-23(33-3)17-15-22/h4-17H,18-19H2,1-3H3. The van der Waals surface area contributed by atoms with E-state index in [1.165, 1.54) is 0 Å². The van der Waals surface area contributed by atoms with Crippen LogP contribution in [-0.4, -0.2) is 36.6 Å². The lowest BCUT2D eigenvalue weighted by atomic mass is 10.2. The van der Waals surface area contributed by atoms with Crippen molar-refractivity contribution >= 4 is 28.5 Å². The number of nitrogens with zero attached hydrogens (tertiary/aromatic N) is 2. The highest BCUT2D eigenvalue weighted by Crippen LogP contribution is 2.42. The molecule has 0 fully saturated rings. The van der Waals surface area contributed by atoms with Crippen LogP contribution in [0.25, 0.3) is 5.69 Å². The number of hydrogen-bond donors (Lipinski definition) is 0. The van der Waals surface area contributed by atoms with Gasteiger partial charge in [-0.3, -0.25) is 9.36 Å². The van der Waals surface area contributed by atoms with E-state index in [4.69, 9.17) is 14.2 Å². The minimum atomic E-state index is -0.184. The lowest BCUT2D eigenvalue weighted by Gasteiger charge is -2.16. The predicted molar refractivity (Wildman–Crippen MR) is 145 cm³/mol. The fourth-order valence-electron chi connectivity index (χ4n) is 3.60. The maximum atomic E-state index is 13.5. The summed E-state index contributed by atoms with van der Waals surface area (Å²) in [5, 5.41) is 0. The second-order valence-corrected chi connectivity index (χ2v) is 9.10. The van der Waals surface area contributed by atoms with Crippen LogP contribution in [0.3, 0.4) is 0 Å². The first-order valence-electron chi connectivity index (χ1n) is 11.1. The van der Waals surface area contributed by atoms with E-state index in [1.54, 1.807) is 26.1 Å². The topological polar surface area (TPSA) is 52.9 Å². The lowest BCUT2D eigenvalue weighted by Crippen LogP contribution is -2.25. The molecular formula is C28H27IN2O4. The van der Waals surface area contributed by atoms with Gasteiger partial charge in [-0.25, -0.2) is 0 Å². The summed E-state index contributed by atoms with van der Waals surface area (Å²) in [5.41, 5.74) is 3.23. The third-order valence-corrected chi connectivity index (χ3v) is 6.39. The Bertz CT molecular complexity index is 1270. The van der Waals surface area contributed by atoms with Crippen LogP contribution in [0.1, 0.15) is 21.6 Å². The Morgan fingerprint density at radius 1 is 0.800 bits per heavy atom. The maximum absolute atomic E-state index is 13.5. The monoisotopic (exact) mass is 582 g/mol. The van der Waals surface area contributed by atoms with Crippen LogP contribution >= 0.6 is 22.6 Å². The molecule has 3 aromatic carbocycles. The molecule has 4 rings (SSSR count). The molecule has 0 radical (unpaired) electrons. The van der Waals surface area contributed by atoms with Gasteiger partial charge in [-0.15, -0.1) is 0 Å². The molecule has 0 saturated carbocycles. The molecule has 1 heterocycles. The van der Waals surface area contributed by atoms with Crippen molar-refractivity contribution in [1.82, 2.24) is 9.47 Å². The highest BCUT2D eigenvalue weighted by molar-refractivity contribution is 14.1. The fraction of sp³-hybridized carbons (Fsp3) is 0.179. The highest BCUT2D eigenvalue weighted by Gasteiger charge is 2.31. The van der Waals surface area contributed by atoms with Crippen LogP contribution in [0.4, 0.5) is 0 Å². The normalized spacial score (nSPS) is 10.6. The summed E-state index contributed by atoms with van der Waals surface area (Å²) in [6.45, 7) is 0.652.